The van der Waals surface area contributed by atoms with Gasteiger partial charge in [-0.25, -0.2) is 0 Å². The van der Waals surface area contributed by atoms with E-state index in [-0.39, 0.29) is 37.9 Å². The fourth-order valence-corrected chi connectivity index (χ4v) is 14.7. The summed E-state index contributed by atoms with van der Waals surface area (Å²) in [6, 6.07) is 53.6. The molecule has 0 N–H and O–H groups in total. The van der Waals surface area contributed by atoms with E-state index in [2.05, 4.69) is 239 Å². The van der Waals surface area contributed by atoms with Crippen LogP contribution >= 0.6 is 0 Å². The topological polar surface area (TPSA) is 35.9 Å². The molecule has 5 heterocycles. The van der Waals surface area contributed by atoms with Crippen molar-refractivity contribution in [1.29, 1.82) is 0 Å². The van der Waals surface area contributed by atoms with Crippen LogP contribution in [0.15, 0.2) is 144 Å². The van der Waals surface area contributed by atoms with Crippen LogP contribution in [0.25, 0.3) is 88.7 Å². The third kappa shape index (κ3) is 6.96. The molecule has 0 saturated heterocycles. The van der Waals surface area contributed by atoms with Gasteiger partial charge < -0.3 is 0 Å². The van der Waals surface area contributed by atoms with Crippen molar-refractivity contribution in [1.82, 2.24) is 14.1 Å². The van der Waals surface area contributed by atoms with Crippen molar-refractivity contribution < 1.29 is 4.42 Å². The van der Waals surface area contributed by atoms with Gasteiger partial charge in [0.05, 0.1) is 0 Å². The fourth-order valence-electron chi connectivity index (χ4n) is 12.2. The Labute approximate surface area is 437 Å². The number of hydrogen-bond acceptors (Lipinski definition) is 2. The quantitative estimate of drug-likeness (QED) is 0.161. The summed E-state index contributed by atoms with van der Waals surface area (Å²) in [5.41, 5.74) is 23.4. The average molecular weight is 1020 g/mol. The number of furan rings is 1. The van der Waals surface area contributed by atoms with E-state index < -0.39 is 0 Å². The van der Waals surface area contributed by atoms with Crippen molar-refractivity contribution in [2.24, 2.45) is 0 Å². The fraction of sp³-hybridized carbons (Fsp3) is 0.269. The maximum absolute atomic E-state index is 7.42. The van der Waals surface area contributed by atoms with E-state index in [9.17, 15) is 0 Å². The van der Waals surface area contributed by atoms with Crippen molar-refractivity contribution in [3.8, 4) is 33.9 Å². The minimum absolute atomic E-state index is 0.00906. The molecule has 73 heavy (non-hydrogen) atoms. The van der Waals surface area contributed by atoms with Gasteiger partial charge in [0.2, 0.25) is 0 Å². The van der Waals surface area contributed by atoms with Crippen LogP contribution in [-0.4, -0.2) is 35.8 Å². The summed E-state index contributed by atoms with van der Waals surface area (Å²) in [5.74, 6) is 1.53. The van der Waals surface area contributed by atoms with Gasteiger partial charge in [-0.2, -0.15) is 0 Å². The number of imidazole rings is 1. The molecule has 0 fully saturated rings. The molecule has 6 heteroatoms. The molecule has 8 aromatic carbocycles. The van der Waals surface area contributed by atoms with E-state index >= 15 is 0 Å². The van der Waals surface area contributed by atoms with Crippen molar-refractivity contribution in [2.45, 2.75) is 118 Å². The van der Waals surface area contributed by atoms with Crippen LogP contribution in [0.3, 0.4) is 0 Å². The summed E-state index contributed by atoms with van der Waals surface area (Å²) in [7, 11) is 0. The molecule has 0 radical (unpaired) electrons. The van der Waals surface area contributed by atoms with Crippen LogP contribution in [0, 0.1) is 0 Å². The number of para-hydroxylation sites is 5. The van der Waals surface area contributed by atoms with Crippen LogP contribution in [0.1, 0.15) is 130 Å². The summed E-state index contributed by atoms with van der Waals surface area (Å²) in [6.45, 7) is 30.5. The number of aromatic nitrogens is 3. The van der Waals surface area contributed by atoms with Gasteiger partial charge in [-0.15, -0.1) is 0 Å². The summed E-state index contributed by atoms with van der Waals surface area (Å²) in [5, 5.41) is 4.88. The normalized spacial score (nSPS) is 13.7. The second kappa shape index (κ2) is 16.0. The second-order valence-electron chi connectivity index (χ2n) is 24.8. The molecule has 11 aromatic rings. The zero-order valence-electron chi connectivity index (χ0n) is 44.7. The van der Waals surface area contributed by atoms with E-state index in [0.717, 1.165) is 49.9 Å². The standard InChI is InChI=1S/C67H64BN3OSe/c1-37(2)43-19-16-20-44(38(3)4)60(43)71-55-26-15-14-25-53(55)69-64(71)48-24-18-23-47-46-22-17-21-45(62(46)72-63(47)48)39-31-56-59-58(32-39)73-57-30-28-41(66(8,9)10)35-51(57)68(59)52-36-42(67(11,12)13)34-50-49-33-40(65(5,6)7)27-29-54(49)70(56)61(50)52/h14-38H,1-13H3. The summed E-state index contributed by atoms with van der Waals surface area (Å²) in [4.78, 5) is 5.48. The van der Waals surface area contributed by atoms with Gasteiger partial charge in [-0.3, -0.25) is 0 Å². The average Bonchev–Trinajstić information content (AvgIpc) is 4.05. The maximum atomic E-state index is 7.42. The summed E-state index contributed by atoms with van der Waals surface area (Å²) < 4.78 is 15.4. The Kier molecular flexibility index (Phi) is 10.1. The zero-order valence-corrected chi connectivity index (χ0v) is 46.4. The Balaban J connectivity index is 1.09. The molecule has 0 saturated carbocycles. The molecule has 0 bridgehead atoms. The number of fused-ring (bicyclic) bond motifs is 11. The molecule has 4 nitrogen and oxygen atoms in total. The molecule has 362 valence electrons. The van der Waals surface area contributed by atoms with Crippen LogP contribution in [0.4, 0.5) is 0 Å². The van der Waals surface area contributed by atoms with Crippen LogP contribution < -0.4 is 25.3 Å². The van der Waals surface area contributed by atoms with E-state index in [1.165, 1.54) is 91.9 Å². The molecule has 0 amide bonds. The Hall–Kier alpha value is -6.59. The van der Waals surface area contributed by atoms with E-state index in [1.54, 1.807) is 0 Å². The Morgan fingerprint density at radius 2 is 1.11 bits per heavy atom. The molecule has 3 aromatic heterocycles. The van der Waals surface area contributed by atoms with Crippen molar-refractivity contribution in [2.75, 3.05) is 0 Å². The number of hydrogen-bond donors (Lipinski definition) is 0. The Bertz CT molecular complexity index is 4110. The molecule has 0 spiro atoms. The first-order valence-corrected chi connectivity index (χ1v) is 28.2. The predicted molar refractivity (Wildman–Crippen MR) is 314 cm³/mol. The Morgan fingerprint density at radius 3 is 1.79 bits per heavy atom. The van der Waals surface area contributed by atoms with Crippen LogP contribution in [-0.2, 0) is 16.2 Å². The second-order valence-corrected chi connectivity index (χ2v) is 27.1. The van der Waals surface area contributed by atoms with Gasteiger partial charge in [0.25, 0.3) is 0 Å². The monoisotopic (exact) mass is 1020 g/mol. The van der Waals surface area contributed by atoms with Gasteiger partial charge in [0.15, 0.2) is 0 Å². The summed E-state index contributed by atoms with van der Waals surface area (Å²) >= 11 is 0.0676. The van der Waals surface area contributed by atoms with Crippen LogP contribution in [0.5, 0.6) is 0 Å². The number of rotatable bonds is 5. The summed E-state index contributed by atoms with van der Waals surface area (Å²) in [6.07, 6.45) is 0. The Morgan fingerprint density at radius 1 is 0.507 bits per heavy atom. The van der Waals surface area contributed by atoms with E-state index in [1.807, 2.05) is 0 Å². The molecular formula is C67H64BN3OSe. The SMILES string of the molecule is CC(C)c1cccc(C(C)C)c1-n1c(-c2cccc3c2oc2c(-c4cc5c6c(c4)-n4c7ccc(C(C)(C)C)cc7c7cc(C(C)(C)C)cc(c74)B6c4cc(C(C)(C)C)ccc4[Se]5)cccc23)nc2ccccc21. The minimum atomic E-state index is -0.0320. The van der Waals surface area contributed by atoms with Gasteiger partial charge in [-0.1, -0.05) is 58.0 Å². The third-order valence-corrected chi connectivity index (χ3v) is 18.6. The third-order valence-electron chi connectivity index (χ3n) is 16.2. The molecule has 0 atom stereocenters. The van der Waals surface area contributed by atoms with Crippen molar-refractivity contribution in [3.63, 3.8) is 0 Å². The predicted octanol–water partition coefficient (Wildman–Crippen LogP) is 14.3. The van der Waals surface area contributed by atoms with Gasteiger partial charge in [0.1, 0.15) is 0 Å². The van der Waals surface area contributed by atoms with Gasteiger partial charge >= 0.3 is 370 Å². The van der Waals surface area contributed by atoms with E-state index in [4.69, 9.17) is 9.40 Å². The number of benzene rings is 8. The van der Waals surface area contributed by atoms with Gasteiger partial charge in [0, 0.05) is 0 Å². The first-order valence-electron chi connectivity index (χ1n) is 26.5. The van der Waals surface area contributed by atoms with E-state index in [0.29, 0.717) is 11.8 Å². The molecule has 13 rings (SSSR count). The van der Waals surface area contributed by atoms with Crippen molar-refractivity contribution >= 4 is 102 Å². The molecule has 2 aliphatic rings. The van der Waals surface area contributed by atoms with Crippen molar-refractivity contribution in [3.05, 3.63) is 167 Å². The molecule has 0 unspecified atom stereocenters. The number of nitrogens with zero attached hydrogens (tertiary/aromatic N) is 3. The molecule has 0 aliphatic carbocycles. The first kappa shape index (κ1) is 46.2. The first-order chi connectivity index (χ1) is 34.8. The molecular weight excluding hydrogens is 953 g/mol. The van der Waals surface area contributed by atoms with Gasteiger partial charge in [-0.05, 0) is 11.8 Å². The zero-order chi connectivity index (χ0) is 50.8. The van der Waals surface area contributed by atoms with Crippen LogP contribution in [0.2, 0.25) is 0 Å². The molecule has 2 aliphatic heterocycles.